The lowest BCUT2D eigenvalue weighted by Crippen LogP contribution is -2.36. The predicted octanol–water partition coefficient (Wildman–Crippen LogP) is 1.70. The van der Waals surface area contributed by atoms with Crippen molar-refractivity contribution < 1.29 is 41.0 Å². The molecule has 2 aromatic rings. The lowest BCUT2D eigenvalue weighted by atomic mass is 10.1. The number of benzene rings is 1. The Kier molecular flexibility index (Phi) is 7.31. The molecule has 33 heavy (non-hydrogen) atoms. The molecule has 0 aliphatic heterocycles. The molecule has 0 saturated carbocycles. The molecule has 0 unspecified atom stereocenters. The van der Waals surface area contributed by atoms with E-state index in [9.17, 15) is 36.3 Å². The van der Waals surface area contributed by atoms with Crippen molar-refractivity contribution in [1.82, 2.24) is 19.7 Å². The summed E-state index contributed by atoms with van der Waals surface area (Å²) in [5.74, 6) is -2.33. The minimum Gasteiger partial charge on any atom is -0.478 e. The average Bonchev–Trinajstić information content (AvgIpc) is 2.66. The summed E-state index contributed by atoms with van der Waals surface area (Å²) in [5.41, 5.74) is 0.00437. The molecule has 0 fully saturated rings. The van der Waals surface area contributed by atoms with E-state index < -0.39 is 57.2 Å². The van der Waals surface area contributed by atoms with Crippen LogP contribution < -0.4 is 19.7 Å². The monoisotopic (exact) mass is 492 g/mol. The van der Waals surface area contributed by atoms with Gasteiger partial charge in [0.2, 0.25) is 11.9 Å². The molecular formula is C17H19F3N6O6S. The van der Waals surface area contributed by atoms with Gasteiger partial charge in [0.05, 0.1) is 5.56 Å². The highest BCUT2D eigenvalue weighted by molar-refractivity contribution is 7.90. The quantitative estimate of drug-likeness (QED) is 0.518. The number of alkyl halides is 3. The van der Waals surface area contributed by atoms with E-state index in [1.54, 1.807) is 11.6 Å². The third kappa shape index (κ3) is 6.64. The lowest BCUT2D eigenvalue weighted by Gasteiger charge is -2.15. The highest BCUT2D eigenvalue weighted by Crippen LogP contribution is 2.24. The Labute approximate surface area is 185 Å². The fraction of sp³-hybridized carbons (Fsp3) is 0.353. The number of halogens is 3. The molecule has 0 aliphatic rings. The van der Waals surface area contributed by atoms with Crippen molar-refractivity contribution in [2.75, 3.05) is 30.9 Å². The molecule has 1 aromatic carbocycles. The van der Waals surface area contributed by atoms with Crippen molar-refractivity contribution in [1.29, 1.82) is 0 Å². The molecule has 0 spiro atoms. The third-order valence-corrected chi connectivity index (χ3v) is 5.51. The van der Waals surface area contributed by atoms with Crippen molar-refractivity contribution in [3.8, 4) is 6.01 Å². The molecule has 16 heteroatoms. The topological polar surface area (TPSA) is 164 Å². The molecule has 1 heterocycles. The van der Waals surface area contributed by atoms with Gasteiger partial charge in [0.15, 0.2) is 6.61 Å². The second-order valence-electron chi connectivity index (χ2n) is 6.79. The second-order valence-corrected chi connectivity index (χ2v) is 8.41. The minimum absolute atomic E-state index is 0.105. The van der Waals surface area contributed by atoms with Gasteiger partial charge in [-0.05, 0) is 31.0 Å². The molecule has 0 aliphatic carbocycles. The normalized spacial score (nSPS) is 11.6. The van der Waals surface area contributed by atoms with E-state index in [-0.39, 0.29) is 11.5 Å². The fourth-order valence-electron chi connectivity index (χ4n) is 2.42. The number of rotatable bonds is 7. The SMILES string of the molecule is Cc1ccc(C(=O)O)c(S(=O)(=O)NC(=O)Nc2nc(OCC(F)(F)F)nc(N(C)C)n2)c1C. The van der Waals surface area contributed by atoms with Crippen LogP contribution in [0.1, 0.15) is 21.5 Å². The molecule has 180 valence electrons. The number of hydrogen-bond donors (Lipinski definition) is 3. The molecule has 12 nitrogen and oxygen atoms in total. The van der Waals surface area contributed by atoms with Crippen LogP contribution in [-0.4, -0.2) is 67.4 Å². The maximum atomic E-state index is 12.7. The van der Waals surface area contributed by atoms with E-state index in [4.69, 9.17) is 0 Å². The number of carboxylic acid groups (broad SMARTS) is 1. The standard InChI is InChI=1S/C17H19F3N6O6S/c1-8-5-6-10(12(27)28)11(9(8)2)33(30,31)25-15(29)22-13-21-14(26(3)4)24-16(23-13)32-7-17(18,19)20/h5-6H,7H2,1-4H3,(H,27,28)(H2,21,22,23,24,25,29). The number of urea groups is 1. The van der Waals surface area contributed by atoms with Crippen molar-refractivity contribution in [2.45, 2.75) is 24.9 Å². The zero-order valence-electron chi connectivity index (χ0n) is 17.7. The van der Waals surface area contributed by atoms with Crippen molar-refractivity contribution in [2.24, 2.45) is 0 Å². The van der Waals surface area contributed by atoms with Gasteiger partial charge in [0, 0.05) is 14.1 Å². The first-order valence-corrected chi connectivity index (χ1v) is 10.4. The number of nitrogens with one attached hydrogen (secondary N) is 2. The maximum absolute atomic E-state index is 12.7. The Morgan fingerprint density at radius 3 is 2.33 bits per heavy atom. The number of sulfonamides is 1. The van der Waals surface area contributed by atoms with E-state index in [1.807, 2.05) is 5.32 Å². The summed E-state index contributed by atoms with van der Waals surface area (Å²) in [7, 11) is -1.78. The fourth-order valence-corrected chi connectivity index (χ4v) is 3.82. The molecular weight excluding hydrogens is 473 g/mol. The number of aromatic carboxylic acids is 1. The molecule has 0 bridgehead atoms. The van der Waals surface area contributed by atoms with Crippen LogP contribution in [0, 0.1) is 13.8 Å². The number of carbonyl (C=O) groups excluding carboxylic acids is 1. The first-order chi connectivity index (χ1) is 15.1. The Morgan fingerprint density at radius 1 is 1.15 bits per heavy atom. The number of hydrogen-bond acceptors (Lipinski definition) is 9. The van der Waals surface area contributed by atoms with Gasteiger partial charge in [-0.15, -0.1) is 0 Å². The smallest absolute Gasteiger partial charge is 0.422 e. The largest absolute Gasteiger partial charge is 0.478 e. The Bertz CT molecular complexity index is 1190. The second kappa shape index (κ2) is 9.43. The van der Waals surface area contributed by atoms with E-state index in [0.29, 0.717) is 5.56 Å². The summed E-state index contributed by atoms with van der Waals surface area (Å²) >= 11 is 0. The van der Waals surface area contributed by atoms with Crippen LogP contribution in [0.15, 0.2) is 17.0 Å². The Morgan fingerprint density at radius 2 is 1.79 bits per heavy atom. The molecule has 0 saturated heterocycles. The maximum Gasteiger partial charge on any atom is 0.422 e. The van der Waals surface area contributed by atoms with Crippen LogP contribution >= 0.6 is 0 Å². The van der Waals surface area contributed by atoms with Gasteiger partial charge >= 0.3 is 24.2 Å². The van der Waals surface area contributed by atoms with Gasteiger partial charge in [-0.3, -0.25) is 5.32 Å². The molecule has 3 N–H and O–H groups in total. The molecule has 0 atom stereocenters. The summed E-state index contributed by atoms with van der Waals surface area (Å²) in [6, 6.07) is 0.321. The number of carboxylic acids is 1. The number of aromatic nitrogens is 3. The van der Waals surface area contributed by atoms with Gasteiger partial charge < -0.3 is 14.7 Å². The van der Waals surface area contributed by atoms with E-state index in [1.165, 1.54) is 32.0 Å². The van der Waals surface area contributed by atoms with Crippen LogP contribution in [0.25, 0.3) is 0 Å². The summed E-state index contributed by atoms with van der Waals surface area (Å²) < 4.78 is 68.8. The number of anilines is 2. The van der Waals surface area contributed by atoms with E-state index >= 15 is 0 Å². The summed E-state index contributed by atoms with van der Waals surface area (Å²) in [5, 5.41) is 11.3. The van der Waals surface area contributed by atoms with Crippen LogP contribution in [0.5, 0.6) is 6.01 Å². The van der Waals surface area contributed by atoms with Crippen molar-refractivity contribution in [3.05, 3.63) is 28.8 Å². The van der Waals surface area contributed by atoms with Crippen molar-refractivity contribution in [3.63, 3.8) is 0 Å². The van der Waals surface area contributed by atoms with E-state index in [2.05, 4.69) is 19.7 Å². The predicted molar refractivity (Wildman–Crippen MR) is 108 cm³/mol. The number of nitrogens with zero attached hydrogens (tertiary/aromatic N) is 4. The summed E-state index contributed by atoms with van der Waals surface area (Å²) in [4.78, 5) is 35.3. The molecule has 2 rings (SSSR count). The minimum atomic E-state index is -4.68. The Balaban J connectivity index is 2.33. The van der Waals surface area contributed by atoms with Gasteiger partial charge in [-0.1, -0.05) is 6.07 Å². The van der Waals surface area contributed by atoms with Crippen LogP contribution in [0.2, 0.25) is 0 Å². The lowest BCUT2D eigenvalue weighted by molar-refractivity contribution is -0.154. The van der Waals surface area contributed by atoms with Crippen LogP contribution in [0.3, 0.4) is 0 Å². The Hall–Kier alpha value is -3.69. The highest BCUT2D eigenvalue weighted by Gasteiger charge is 2.30. The third-order valence-electron chi connectivity index (χ3n) is 4.00. The van der Waals surface area contributed by atoms with Crippen LogP contribution in [0.4, 0.5) is 29.9 Å². The van der Waals surface area contributed by atoms with Gasteiger partial charge in [0.1, 0.15) is 4.90 Å². The van der Waals surface area contributed by atoms with Crippen LogP contribution in [-0.2, 0) is 10.0 Å². The van der Waals surface area contributed by atoms with Gasteiger partial charge in [-0.2, -0.15) is 28.1 Å². The average molecular weight is 492 g/mol. The molecule has 1 aromatic heterocycles. The first kappa shape index (κ1) is 25.6. The van der Waals surface area contributed by atoms with Crippen molar-refractivity contribution >= 4 is 33.9 Å². The summed E-state index contributed by atoms with van der Waals surface area (Å²) in [6.07, 6.45) is -4.68. The van der Waals surface area contributed by atoms with E-state index in [0.717, 1.165) is 6.07 Å². The zero-order valence-corrected chi connectivity index (χ0v) is 18.5. The number of carbonyl (C=O) groups is 2. The highest BCUT2D eigenvalue weighted by atomic mass is 32.2. The summed E-state index contributed by atoms with van der Waals surface area (Å²) in [6.45, 7) is 1.21. The number of ether oxygens (including phenoxy) is 1. The van der Waals surface area contributed by atoms with Gasteiger partial charge in [-0.25, -0.2) is 22.7 Å². The zero-order chi connectivity index (χ0) is 25.1. The first-order valence-electron chi connectivity index (χ1n) is 8.91. The number of amides is 2. The van der Waals surface area contributed by atoms with Gasteiger partial charge in [0.25, 0.3) is 10.0 Å². The number of aryl methyl sites for hydroxylation is 1. The molecule has 0 radical (unpaired) electrons. The molecule has 2 amide bonds.